The van der Waals surface area contributed by atoms with Crippen LogP contribution >= 0.6 is 0 Å². The Kier molecular flexibility index (Phi) is 2.85. The summed E-state index contributed by atoms with van der Waals surface area (Å²) in [6.45, 7) is 2.22. The highest BCUT2D eigenvalue weighted by Gasteiger charge is 2.54. The van der Waals surface area contributed by atoms with Gasteiger partial charge in [0.2, 0.25) is 5.91 Å². The van der Waals surface area contributed by atoms with Crippen molar-refractivity contribution in [1.29, 1.82) is 0 Å². The maximum atomic E-state index is 12.8. The lowest BCUT2D eigenvalue weighted by atomic mass is 9.83. The van der Waals surface area contributed by atoms with Crippen molar-refractivity contribution in [3.05, 3.63) is 0 Å². The average molecular weight is 266 g/mol. The zero-order chi connectivity index (χ0) is 13.8. The van der Waals surface area contributed by atoms with Gasteiger partial charge in [-0.3, -0.25) is 4.79 Å². The number of carbonyl (C=O) groups is 2. The standard InChI is InChI=1S/C14H22N2O3/c1-14(13(18)19)5-2-6-16(14)12(17)10-8-3-4-9(7-8)11(10)15/h8-11H,2-7,15H2,1H3,(H,18,19). The number of aliphatic carboxylic acids is 1. The van der Waals surface area contributed by atoms with E-state index in [-0.39, 0.29) is 17.9 Å². The van der Waals surface area contributed by atoms with Crippen molar-refractivity contribution in [2.45, 2.75) is 50.6 Å². The third-order valence-electron chi connectivity index (χ3n) is 5.63. The first-order chi connectivity index (χ1) is 8.95. The second-order valence-corrected chi connectivity index (χ2v) is 6.61. The van der Waals surface area contributed by atoms with Crippen molar-refractivity contribution in [3.63, 3.8) is 0 Å². The second-order valence-electron chi connectivity index (χ2n) is 6.61. The number of carbonyl (C=O) groups excluding carboxylic acids is 1. The fraction of sp³-hybridized carbons (Fsp3) is 0.857. The van der Waals surface area contributed by atoms with Crippen molar-refractivity contribution >= 4 is 11.9 Å². The Labute approximate surface area is 113 Å². The van der Waals surface area contributed by atoms with Crippen molar-refractivity contribution < 1.29 is 14.7 Å². The zero-order valence-corrected chi connectivity index (χ0v) is 11.3. The van der Waals surface area contributed by atoms with E-state index < -0.39 is 11.5 Å². The second kappa shape index (κ2) is 4.20. The Morgan fingerprint density at radius 2 is 2.00 bits per heavy atom. The van der Waals surface area contributed by atoms with Gasteiger partial charge in [0.1, 0.15) is 5.54 Å². The number of amides is 1. The summed E-state index contributed by atoms with van der Waals surface area (Å²) in [4.78, 5) is 25.8. The minimum absolute atomic E-state index is 0.0119. The summed E-state index contributed by atoms with van der Waals surface area (Å²) in [5.74, 6) is -0.198. The third-order valence-corrected chi connectivity index (χ3v) is 5.63. The van der Waals surface area contributed by atoms with Gasteiger partial charge in [0.25, 0.3) is 0 Å². The fourth-order valence-corrected chi connectivity index (χ4v) is 4.42. The molecule has 2 saturated carbocycles. The predicted molar refractivity (Wildman–Crippen MR) is 69.3 cm³/mol. The Hall–Kier alpha value is -1.10. The van der Waals surface area contributed by atoms with E-state index in [1.165, 1.54) is 0 Å². The molecule has 19 heavy (non-hydrogen) atoms. The van der Waals surface area contributed by atoms with Gasteiger partial charge in [-0.05, 0) is 50.9 Å². The maximum Gasteiger partial charge on any atom is 0.329 e. The molecule has 1 heterocycles. The molecule has 1 aliphatic heterocycles. The molecule has 0 aromatic rings. The van der Waals surface area contributed by atoms with E-state index >= 15 is 0 Å². The molecule has 106 valence electrons. The van der Waals surface area contributed by atoms with Gasteiger partial charge >= 0.3 is 5.97 Å². The summed E-state index contributed by atoms with van der Waals surface area (Å²) in [6, 6.07) is -0.0649. The van der Waals surface area contributed by atoms with Crippen LogP contribution in [0.5, 0.6) is 0 Å². The molecular formula is C14H22N2O3. The molecule has 3 N–H and O–H groups in total. The molecule has 5 unspecified atom stereocenters. The number of rotatable bonds is 2. The lowest BCUT2D eigenvalue weighted by Crippen LogP contribution is -2.55. The Morgan fingerprint density at radius 3 is 2.58 bits per heavy atom. The van der Waals surface area contributed by atoms with Crippen molar-refractivity contribution in [2.24, 2.45) is 23.5 Å². The summed E-state index contributed by atoms with van der Waals surface area (Å²) in [7, 11) is 0. The van der Waals surface area contributed by atoms with Crippen molar-refractivity contribution in [2.75, 3.05) is 6.54 Å². The number of likely N-dealkylation sites (tertiary alicyclic amines) is 1. The SMILES string of the molecule is CC1(C(=O)O)CCCN1C(=O)C1C2CCC(C2)C1N. The molecule has 0 spiro atoms. The van der Waals surface area contributed by atoms with E-state index in [0.717, 1.165) is 25.7 Å². The molecule has 0 radical (unpaired) electrons. The zero-order valence-electron chi connectivity index (χ0n) is 11.3. The molecule has 3 fully saturated rings. The van der Waals surface area contributed by atoms with Crippen LogP contribution in [0, 0.1) is 17.8 Å². The molecule has 0 aromatic carbocycles. The number of carboxylic acids is 1. The monoisotopic (exact) mass is 266 g/mol. The highest BCUT2D eigenvalue weighted by atomic mass is 16.4. The largest absolute Gasteiger partial charge is 0.480 e. The van der Waals surface area contributed by atoms with E-state index in [9.17, 15) is 14.7 Å². The van der Waals surface area contributed by atoms with Gasteiger partial charge in [-0.25, -0.2) is 4.79 Å². The Morgan fingerprint density at radius 1 is 1.32 bits per heavy atom. The van der Waals surface area contributed by atoms with Crippen molar-refractivity contribution in [3.8, 4) is 0 Å². The van der Waals surface area contributed by atoms with Gasteiger partial charge in [0.15, 0.2) is 0 Å². The highest BCUT2D eigenvalue weighted by Crippen LogP contribution is 2.49. The molecule has 3 aliphatic rings. The summed E-state index contributed by atoms with van der Waals surface area (Å²) in [5.41, 5.74) is 5.17. The summed E-state index contributed by atoms with van der Waals surface area (Å²) >= 11 is 0. The van der Waals surface area contributed by atoms with Crippen molar-refractivity contribution in [1.82, 2.24) is 4.90 Å². The minimum Gasteiger partial charge on any atom is -0.480 e. The van der Waals surface area contributed by atoms with Crippen LogP contribution in [0.15, 0.2) is 0 Å². The molecule has 5 atom stereocenters. The van der Waals surface area contributed by atoms with Crippen LogP contribution in [0.1, 0.15) is 39.0 Å². The highest BCUT2D eigenvalue weighted by molar-refractivity contribution is 5.89. The Bertz CT molecular complexity index is 423. The van der Waals surface area contributed by atoms with Crippen LogP contribution in [0.25, 0.3) is 0 Å². The third kappa shape index (κ3) is 1.71. The quantitative estimate of drug-likeness (QED) is 0.775. The fourth-order valence-electron chi connectivity index (χ4n) is 4.42. The molecule has 1 saturated heterocycles. The minimum atomic E-state index is -1.03. The summed E-state index contributed by atoms with van der Waals surface area (Å²) in [6.07, 6.45) is 4.57. The van der Waals surface area contributed by atoms with Crippen LogP contribution < -0.4 is 5.73 Å². The smallest absolute Gasteiger partial charge is 0.329 e. The van der Waals surface area contributed by atoms with Crippen LogP contribution in [0.2, 0.25) is 0 Å². The summed E-state index contributed by atoms with van der Waals surface area (Å²) < 4.78 is 0. The first-order valence-electron chi connectivity index (χ1n) is 7.25. The molecular weight excluding hydrogens is 244 g/mol. The first kappa shape index (κ1) is 12.9. The predicted octanol–water partition coefficient (Wildman–Crippen LogP) is 0.825. The molecule has 5 nitrogen and oxygen atoms in total. The van der Waals surface area contributed by atoms with Crippen LogP contribution in [0.4, 0.5) is 0 Å². The number of fused-ring (bicyclic) bond motifs is 2. The maximum absolute atomic E-state index is 12.8. The molecule has 1 amide bonds. The molecule has 0 aromatic heterocycles. The molecule has 3 rings (SSSR count). The van der Waals surface area contributed by atoms with Gasteiger partial charge in [0, 0.05) is 12.6 Å². The van der Waals surface area contributed by atoms with Gasteiger partial charge in [0.05, 0.1) is 5.92 Å². The average Bonchev–Trinajstić information content (AvgIpc) is 3.02. The number of nitrogens with two attached hydrogens (primary N) is 1. The topological polar surface area (TPSA) is 83.6 Å². The molecule has 5 heteroatoms. The van der Waals surface area contributed by atoms with E-state index in [0.29, 0.717) is 24.8 Å². The Balaban J connectivity index is 1.83. The van der Waals surface area contributed by atoms with Gasteiger partial charge < -0.3 is 15.7 Å². The molecule has 2 aliphatic carbocycles. The first-order valence-corrected chi connectivity index (χ1v) is 7.25. The van der Waals surface area contributed by atoms with E-state index in [4.69, 9.17) is 5.73 Å². The van der Waals surface area contributed by atoms with E-state index in [1.807, 2.05) is 0 Å². The van der Waals surface area contributed by atoms with Crippen LogP contribution in [0.3, 0.4) is 0 Å². The number of nitrogens with zero attached hydrogens (tertiary/aromatic N) is 1. The van der Waals surface area contributed by atoms with Gasteiger partial charge in [-0.2, -0.15) is 0 Å². The number of hydrogen-bond acceptors (Lipinski definition) is 3. The lowest BCUT2D eigenvalue weighted by Gasteiger charge is -2.37. The number of hydrogen-bond donors (Lipinski definition) is 2. The van der Waals surface area contributed by atoms with E-state index in [1.54, 1.807) is 11.8 Å². The van der Waals surface area contributed by atoms with Gasteiger partial charge in [-0.1, -0.05) is 0 Å². The molecule has 2 bridgehead atoms. The van der Waals surface area contributed by atoms with E-state index in [2.05, 4.69) is 0 Å². The van der Waals surface area contributed by atoms with Gasteiger partial charge in [-0.15, -0.1) is 0 Å². The normalized spacial score (nSPS) is 44.8. The lowest BCUT2D eigenvalue weighted by molar-refractivity contribution is -0.158. The summed E-state index contributed by atoms with van der Waals surface area (Å²) in [5, 5.41) is 9.41. The number of carboxylic acid groups (broad SMARTS) is 1. The van der Waals surface area contributed by atoms with Crippen LogP contribution in [-0.2, 0) is 9.59 Å². The van der Waals surface area contributed by atoms with Crippen LogP contribution in [-0.4, -0.2) is 40.0 Å².